The number of esters is 1. The Kier molecular flexibility index (Phi) is 6.36. The highest BCUT2D eigenvalue weighted by Crippen LogP contribution is 2.24. The van der Waals surface area contributed by atoms with Gasteiger partial charge in [0, 0.05) is 12.3 Å². The molecule has 118 valence electrons. The molecule has 0 aliphatic carbocycles. The predicted molar refractivity (Wildman–Crippen MR) is 80.9 cm³/mol. The van der Waals surface area contributed by atoms with E-state index in [-0.39, 0.29) is 18.5 Å². The average Bonchev–Trinajstić information content (AvgIpc) is 2.37. The zero-order valence-electron chi connectivity index (χ0n) is 12.9. The van der Waals surface area contributed by atoms with E-state index in [1.54, 1.807) is 6.07 Å². The second kappa shape index (κ2) is 7.56. The van der Waals surface area contributed by atoms with Crippen molar-refractivity contribution in [3.63, 3.8) is 0 Å². The number of hydrogen-bond acceptors (Lipinski definition) is 5. The molecule has 0 fully saturated rings. The Labute approximate surface area is 126 Å². The summed E-state index contributed by atoms with van der Waals surface area (Å²) in [5.41, 5.74) is 1.77. The average molecular weight is 314 g/mol. The molecule has 0 aliphatic heterocycles. The molecule has 0 radical (unpaired) electrons. The fourth-order valence-electron chi connectivity index (χ4n) is 1.79. The van der Waals surface area contributed by atoms with Crippen molar-refractivity contribution >= 4 is 16.1 Å². The lowest BCUT2D eigenvalue weighted by molar-refractivity contribution is -0.134. The first-order valence-corrected chi connectivity index (χ1v) is 8.70. The first kappa shape index (κ1) is 17.7. The molecule has 6 heteroatoms. The van der Waals surface area contributed by atoms with Crippen molar-refractivity contribution in [3.8, 4) is 5.75 Å². The van der Waals surface area contributed by atoms with Crippen molar-refractivity contribution in [3.05, 3.63) is 29.3 Å². The predicted octanol–water partition coefficient (Wildman–Crippen LogP) is 2.78. The van der Waals surface area contributed by atoms with E-state index in [0.717, 1.165) is 23.8 Å². The molecule has 21 heavy (non-hydrogen) atoms. The highest BCUT2D eigenvalue weighted by Gasteiger charge is 2.13. The van der Waals surface area contributed by atoms with Gasteiger partial charge >= 0.3 is 5.97 Å². The zero-order chi connectivity index (χ0) is 16.0. The number of ether oxygens (including phenoxy) is 1. The maximum Gasteiger partial charge on any atom is 0.311 e. The maximum absolute atomic E-state index is 11.5. The maximum atomic E-state index is 11.5. The summed E-state index contributed by atoms with van der Waals surface area (Å²) in [6, 6.07) is 5.43. The van der Waals surface area contributed by atoms with Crippen LogP contribution in [0.2, 0.25) is 0 Å². The SMILES string of the molecule is CCCC(=O)Oc1ccc(C(C)COS(C)(=O)=O)cc1C. The Morgan fingerprint density at radius 1 is 1.33 bits per heavy atom. The van der Waals surface area contributed by atoms with E-state index in [1.165, 1.54) is 0 Å². The van der Waals surface area contributed by atoms with E-state index in [4.69, 9.17) is 8.92 Å². The summed E-state index contributed by atoms with van der Waals surface area (Å²) in [7, 11) is -3.44. The van der Waals surface area contributed by atoms with Gasteiger partial charge < -0.3 is 4.74 Å². The van der Waals surface area contributed by atoms with E-state index < -0.39 is 10.1 Å². The second-order valence-electron chi connectivity index (χ2n) is 5.14. The molecule has 0 amide bonds. The highest BCUT2D eigenvalue weighted by atomic mass is 32.2. The van der Waals surface area contributed by atoms with Gasteiger partial charge in [-0.1, -0.05) is 26.0 Å². The summed E-state index contributed by atoms with van der Waals surface area (Å²) >= 11 is 0. The molecule has 0 N–H and O–H groups in total. The van der Waals surface area contributed by atoms with Gasteiger partial charge in [0.15, 0.2) is 0 Å². The van der Waals surface area contributed by atoms with E-state index in [1.807, 2.05) is 32.9 Å². The fraction of sp³-hybridized carbons (Fsp3) is 0.533. The first-order valence-electron chi connectivity index (χ1n) is 6.88. The molecular formula is C15H22O5S. The van der Waals surface area contributed by atoms with E-state index in [2.05, 4.69) is 0 Å². The first-order chi connectivity index (χ1) is 9.73. The van der Waals surface area contributed by atoms with Crippen LogP contribution in [0, 0.1) is 6.92 Å². The van der Waals surface area contributed by atoms with Gasteiger partial charge in [0.05, 0.1) is 12.9 Å². The third kappa shape index (κ3) is 6.27. The van der Waals surface area contributed by atoms with E-state index in [0.29, 0.717) is 12.2 Å². The number of rotatable bonds is 7. The molecule has 1 aromatic carbocycles. The lowest BCUT2D eigenvalue weighted by atomic mass is 10.00. The van der Waals surface area contributed by atoms with Gasteiger partial charge in [0.2, 0.25) is 0 Å². The number of carbonyl (C=O) groups is 1. The van der Waals surface area contributed by atoms with Crippen molar-refractivity contribution in [1.29, 1.82) is 0 Å². The quantitative estimate of drug-likeness (QED) is 0.440. The van der Waals surface area contributed by atoms with Crippen molar-refractivity contribution in [1.82, 2.24) is 0 Å². The van der Waals surface area contributed by atoms with Gasteiger partial charge in [-0.2, -0.15) is 8.42 Å². The number of carbonyl (C=O) groups excluding carboxylic acids is 1. The molecular weight excluding hydrogens is 292 g/mol. The van der Waals surface area contributed by atoms with Gasteiger partial charge in [0.1, 0.15) is 5.75 Å². The zero-order valence-corrected chi connectivity index (χ0v) is 13.7. The highest BCUT2D eigenvalue weighted by molar-refractivity contribution is 7.85. The topological polar surface area (TPSA) is 69.7 Å². The Hall–Kier alpha value is -1.40. The molecule has 0 saturated carbocycles. The van der Waals surface area contributed by atoms with Gasteiger partial charge in [-0.15, -0.1) is 0 Å². The van der Waals surface area contributed by atoms with Gasteiger partial charge in [-0.3, -0.25) is 8.98 Å². The van der Waals surface area contributed by atoms with Crippen LogP contribution in [0.3, 0.4) is 0 Å². The largest absolute Gasteiger partial charge is 0.426 e. The van der Waals surface area contributed by atoms with Crippen LogP contribution >= 0.6 is 0 Å². The summed E-state index contributed by atoms with van der Waals surface area (Å²) in [6.45, 7) is 5.73. The molecule has 5 nitrogen and oxygen atoms in total. The minimum atomic E-state index is -3.44. The normalized spacial score (nSPS) is 13.0. The summed E-state index contributed by atoms with van der Waals surface area (Å²) in [5.74, 6) is 0.217. The molecule has 0 bridgehead atoms. The van der Waals surface area contributed by atoms with Crippen molar-refractivity contribution in [2.24, 2.45) is 0 Å². The van der Waals surface area contributed by atoms with Crippen molar-refractivity contribution < 1.29 is 22.1 Å². The minimum Gasteiger partial charge on any atom is -0.426 e. The van der Waals surface area contributed by atoms with Crippen LogP contribution in [0.15, 0.2) is 18.2 Å². The monoisotopic (exact) mass is 314 g/mol. The molecule has 1 rings (SSSR count). The fourth-order valence-corrected chi connectivity index (χ4v) is 2.24. The molecule has 0 heterocycles. The van der Waals surface area contributed by atoms with E-state index >= 15 is 0 Å². The minimum absolute atomic E-state index is 0.0705. The second-order valence-corrected chi connectivity index (χ2v) is 6.78. The molecule has 0 aliphatic rings. The van der Waals surface area contributed by atoms with Gasteiger partial charge in [0.25, 0.3) is 10.1 Å². The third-order valence-electron chi connectivity index (χ3n) is 2.98. The molecule has 0 aromatic heterocycles. The molecule has 0 saturated heterocycles. The smallest absolute Gasteiger partial charge is 0.311 e. The lowest BCUT2D eigenvalue weighted by Crippen LogP contribution is -2.11. The van der Waals surface area contributed by atoms with Crippen LogP contribution < -0.4 is 4.74 Å². The van der Waals surface area contributed by atoms with Gasteiger partial charge in [-0.05, 0) is 30.5 Å². The Morgan fingerprint density at radius 3 is 2.52 bits per heavy atom. The number of benzene rings is 1. The Morgan fingerprint density at radius 2 is 2.00 bits per heavy atom. The molecule has 1 atom stereocenters. The molecule has 0 spiro atoms. The van der Waals surface area contributed by atoms with Crippen LogP contribution in [-0.2, 0) is 19.1 Å². The summed E-state index contributed by atoms with van der Waals surface area (Å²) in [4.78, 5) is 11.5. The van der Waals surface area contributed by atoms with E-state index in [9.17, 15) is 13.2 Å². The molecule has 1 aromatic rings. The Bertz CT molecular complexity index is 592. The van der Waals surface area contributed by atoms with Crippen LogP contribution in [0.5, 0.6) is 5.75 Å². The van der Waals surface area contributed by atoms with Crippen molar-refractivity contribution in [2.75, 3.05) is 12.9 Å². The summed E-state index contributed by atoms with van der Waals surface area (Å²) in [6.07, 6.45) is 2.16. The summed E-state index contributed by atoms with van der Waals surface area (Å²) in [5, 5.41) is 0. The Balaban J connectivity index is 2.75. The van der Waals surface area contributed by atoms with Crippen LogP contribution in [0.1, 0.15) is 43.7 Å². The molecule has 1 unspecified atom stereocenters. The number of hydrogen-bond donors (Lipinski definition) is 0. The van der Waals surface area contributed by atoms with Crippen LogP contribution in [0.4, 0.5) is 0 Å². The third-order valence-corrected chi connectivity index (χ3v) is 3.54. The standard InChI is InChI=1S/C15H22O5S/c1-5-6-15(16)20-14-8-7-13(9-11(14)2)12(3)10-19-21(4,17)18/h7-9,12H,5-6,10H2,1-4H3. The lowest BCUT2D eigenvalue weighted by Gasteiger charge is -2.14. The number of aryl methyl sites for hydroxylation is 1. The van der Waals surface area contributed by atoms with Crippen LogP contribution in [0.25, 0.3) is 0 Å². The summed E-state index contributed by atoms with van der Waals surface area (Å²) < 4.78 is 32.0. The van der Waals surface area contributed by atoms with Crippen molar-refractivity contribution in [2.45, 2.75) is 39.5 Å². The van der Waals surface area contributed by atoms with Gasteiger partial charge in [-0.25, -0.2) is 0 Å². The van der Waals surface area contributed by atoms with Crippen LogP contribution in [-0.4, -0.2) is 27.2 Å².